The van der Waals surface area contributed by atoms with E-state index in [0.717, 1.165) is 44.0 Å². The van der Waals surface area contributed by atoms with Gasteiger partial charge in [-0.1, -0.05) is 42.5 Å². The van der Waals surface area contributed by atoms with E-state index in [-0.39, 0.29) is 5.82 Å². The Balaban J connectivity index is 1.27. The third-order valence-corrected chi connectivity index (χ3v) is 5.26. The highest BCUT2D eigenvalue weighted by Crippen LogP contribution is 2.20. The van der Waals surface area contributed by atoms with E-state index in [0.29, 0.717) is 6.54 Å². The van der Waals surface area contributed by atoms with Crippen molar-refractivity contribution in [1.29, 1.82) is 0 Å². The van der Waals surface area contributed by atoms with Gasteiger partial charge in [-0.3, -0.25) is 4.90 Å². The fourth-order valence-electron chi connectivity index (χ4n) is 3.60. The molecule has 1 aliphatic rings. The highest BCUT2D eigenvalue weighted by atomic mass is 19.1. The van der Waals surface area contributed by atoms with Gasteiger partial charge in [-0.25, -0.2) is 4.39 Å². The molecule has 1 N–H and O–H groups in total. The predicted octanol–water partition coefficient (Wildman–Crippen LogP) is 4.76. The Bertz CT molecular complexity index is 855. The van der Waals surface area contributed by atoms with Crippen molar-refractivity contribution < 1.29 is 4.39 Å². The second-order valence-electron chi connectivity index (χ2n) is 7.28. The van der Waals surface area contributed by atoms with Crippen LogP contribution in [-0.4, -0.2) is 31.1 Å². The van der Waals surface area contributed by atoms with Crippen LogP contribution in [-0.2, 0) is 13.1 Å². The monoisotopic (exact) mass is 375 g/mol. The van der Waals surface area contributed by atoms with Gasteiger partial charge >= 0.3 is 0 Å². The van der Waals surface area contributed by atoms with Crippen LogP contribution in [0.3, 0.4) is 0 Å². The van der Waals surface area contributed by atoms with Crippen LogP contribution in [0.1, 0.15) is 11.1 Å². The molecular weight excluding hydrogens is 349 g/mol. The molecule has 3 aromatic rings. The van der Waals surface area contributed by atoms with Crippen LogP contribution >= 0.6 is 0 Å². The first-order valence-corrected chi connectivity index (χ1v) is 9.86. The Morgan fingerprint density at radius 3 is 2.07 bits per heavy atom. The number of rotatable bonds is 6. The van der Waals surface area contributed by atoms with Crippen LogP contribution in [0.2, 0.25) is 0 Å². The number of hydrogen-bond donors (Lipinski definition) is 1. The molecule has 1 saturated heterocycles. The van der Waals surface area contributed by atoms with Crippen molar-refractivity contribution in [2.45, 2.75) is 13.1 Å². The zero-order valence-electron chi connectivity index (χ0n) is 16.0. The van der Waals surface area contributed by atoms with Gasteiger partial charge in [0.25, 0.3) is 0 Å². The van der Waals surface area contributed by atoms with E-state index in [1.165, 1.54) is 23.4 Å². The fourth-order valence-corrected chi connectivity index (χ4v) is 3.60. The number of hydrogen-bond acceptors (Lipinski definition) is 3. The topological polar surface area (TPSA) is 18.5 Å². The lowest BCUT2D eigenvalue weighted by Crippen LogP contribution is -2.45. The van der Waals surface area contributed by atoms with Crippen molar-refractivity contribution in [1.82, 2.24) is 4.90 Å². The second kappa shape index (κ2) is 8.89. The van der Waals surface area contributed by atoms with Crippen LogP contribution in [0.15, 0.2) is 78.9 Å². The number of halogens is 1. The molecule has 4 rings (SSSR count). The van der Waals surface area contributed by atoms with E-state index < -0.39 is 0 Å². The molecule has 0 saturated carbocycles. The van der Waals surface area contributed by atoms with Gasteiger partial charge in [0.05, 0.1) is 0 Å². The summed E-state index contributed by atoms with van der Waals surface area (Å²) in [6, 6.07) is 25.9. The van der Waals surface area contributed by atoms with Gasteiger partial charge in [0.15, 0.2) is 0 Å². The Morgan fingerprint density at radius 1 is 0.714 bits per heavy atom. The number of benzene rings is 3. The van der Waals surface area contributed by atoms with Crippen molar-refractivity contribution in [3.05, 3.63) is 95.8 Å². The number of anilines is 2. The van der Waals surface area contributed by atoms with Gasteiger partial charge in [0.1, 0.15) is 5.82 Å². The fraction of sp³-hybridized carbons (Fsp3) is 0.250. The van der Waals surface area contributed by atoms with Crippen molar-refractivity contribution >= 4 is 11.4 Å². The van der Waals surface area contributed by atoms with Gasteiger partial charge in [0, 0.05) is 50.6 Å². The quantitative estimate of drug-likeness (QED) is 0.670. The molecule has 0 atom stereocenters. The van der Waals surface area contributed by atoms with Gasteiger partial charge in [-0.05, 0) is 47.5 Å². The maximum Gasteiger partial charge on any atom is 0.123 e. The Kier molecular flexibility index (Phi) is 5.88. The minimum absolute atomic E-state index is 0.197. The van der Waals surface area contributed by atoms with Crippen LogP contribution < -0.4 is 10.2 Å². The molecule has 0 bridgehead atoms. The molecule has 1 heterocycles. The smallest absolute Gasteiger partial charge is 0.123 e. The number of nitrogens with one attached hydrogen (secondary N) is 1. The lowest BCUT2D eigenvalue weighted by atomic mass is 10.2. The molecule has 3 aromatic carbocycles. The second-order valence-corrected chi connectivity index (χ2v) is 7.28. The molecule has 4 heteroatoms. The predicted molar refractivity (Wildman–Crippen MR) is 114 cm³/mol. The van der Waals surface area contributed by atoms with Crippen LogP contribution in [0.4, 0.5) is 15.8 Å². The first kappa shape index (κ1) is 18.5. The summed E-state index contributed by atoms with van der Waals surface area (Å²) in [5, 5.41) is 3.40. The zero-order chi connectivity index (χ0) is 19.2. The normalized spacial score (nSPS) is 14.8. The van der Waals surface area contributed by atoms with E-state index in [2.05, 4.69) is 69.7 Å². The molecule has 1 aliphatic heterocycles. The lowest BCUT2D eigenvalue weighted by molar-refractivity contribution is 0.250. The van der Waals surface area contributed by atoms with Crippen molar-refractivity contribution in [2.75, 3.05) is 36.4 Å². The van der Waals surface area contributed by atoms with Crippen molar-refractivity contribution in [3.8, 4) is 0 Å². The van der Waals surface area contributed by atoms with E-state index in [1.807, 2.05) is 12.1 Å². The molecule has 3 nitrogen and oxygen atoms in total. The highest BCUT2D eigenvalue weighted by molar-refractivity contribution is 5.55. The van der Waals surface area contributed by atoms with Crippen molar-refractivity contribution in [3.63, 3.8) is 0 Å². The van der Waals surface area contributed by atoms with Crippen molar-refractivity contribution in [2.24, 2.45) is 0 Å². The van der Waals surface area contributed by atoms with Crippen LogP contribution in [0.25, 0.3) is 0 Å². The average Bonchev–Trinajstić information content (AvgIpc) is 2.75. The molecule has 0 amide bonds. The largest absolute Gasteiger partial charge is 0.381 e. The van der Waals surface area contributed by atoms with Gasteiger partial charge in [0.2, 0.25) is 0 Å². The summed E-state index contributed by atoms with van der Waals surface area (Å²) < 4.78 is 13.0. The first-order valence-electron chi connectivity index (χ1n) is 9.86. The molecule has 144 valence electrons. The molecule has 28 heavy (non-hydrogen) atoms. The maximum atomic E-state index is 13.0. The maximum absolute atomic E-state index is 13.0. The summed E-state index contributed by atoms with van der Waals surface area (Å²) in [6.07, 6.45) is 0. The molecular formula is C24H26FN3. The standard InChI is InChI=1S/C24H26FN3/c25-22-8-6-20(7-9-22)18-26-23-10-12-24(13-11-23)28-16-14-27(15-17-28)19-21-4-2-1-3-5-21/h1-13,26H,14-19H2. The number of nitrogens with zero attached hydrogens (tertiary/aromatic N) is 2. The van der Waals surface area contributed by atoms with Gasteiger partial charge < -0.3 is 10.2 Å². The molecule has 0 radical (unpaired) electrons. The summed E-state index contributed by atoms with van der Waals surface area (Å²) in [4.78, 5) is 4.97. The Labute approximate surface area is 166 Å². The van der Waals surface area contributed by atoms with Crippen LogP contribution in [0, 0.1) is 5.82 Å². The van der Waals surface area contributed by atoms with Gasteiger partial charge in [-0.15, -0.1) is 0 Å². The summed E-state index contributed by atoms with van der Waals surface area (Å²) in [5.74, 6) is -0.197. The molecule has 0 spiro atoms. The first-order chi connectivity index (χ1) is 13.8. The number of piperazine rings is 1. The molecule has 1 fully saturated rings. The van der Waals surface area contributed by atoms with E-state index in [9.17, 15) is 4.39 Å². The lowest BCUT2D eigenvalue weighted by Gasteiger charge is -2.36. The third kappa shape index (κ3) is 4.90. The van der Waals surface area contributed by atoms with Gasteiger partial charge in [-0.2, -0.15) is 0 Å². The summed E-state index contributed by atoms with van der Waals surface area (Å²) in [5.41, 5.74) is 4.80. The van der Waals surface area contributed by atoms with E-state index in [4.69, 9.17) is 0 Å². The van der Waals surface area contributed by atoms with E-state index >= 15 is 0 Å². The average molecular weight is 375 g/mol. The molecule has 0 aromatic heterocycles. The van der Waals surface area contributed by atoms with E-state index in [1.54, 1.807) is 0 Å². The zero-order valence-corrected chi connectivity index (χ0v) is 16.0. The summed E-state index contributed by atoms with van der Waals surface area (Å²) in [6.45, 7) is 5.99. The Hall–Kier alpha value is -2.85. The molecule has 0 aliphatic carbocycles. The summed E-state index contributed by atoms with van der Waals surface area (Å²) >= 11 is 0. The molecule has 0 unspecified atom stereocenters. The highest BCUT2D eigenvalue weighted by Gasteiger charge is 2.17. The third-order valence-electron chi connectivity index (χ3n) is 5.26. The van der Waals surface area contributed by atoms with Crippen LogP contribution in [0.5, 0.6) is 0 Å². The SMILES string of the molecule is Fc1ccc(CNc2ccc(N3CCN(Cc4ccccc4)CC3)cc2)cc1. The minimum Gasteiger partial charge on any atom is -0.381 e. The Morgan fingerprint density at radius 2 is 1.39 bits per heavy atom. The summed E-state index contributed by atoms with van der Waals surface area (Å²) in [7, 11) is 0. The minimum atomic E-state index is -0.197.